The SMILES string of the molecule is COc1ccc2c(c1)CCCN2S(=O)(=O)c1ccc(C)s1. The van der Waals surface area contributed by atoms with Gasteiger partial charge in [0.2, 0.25) is 0 Å². The van der Waals surface area contributed by atoms with Crippen molar-refractivity contribution in [2.24, 2.45) is 0 Å². The van der Waals surface area contributed by atoms with Crippen LogP contribution in [0.25, 0.3) is 0 Å². The van der Waals surface area contributed by atoms with Crippen LogP contribution < -0.4 is 9.04 Å². The highest BCUT2D eigenvalue weighted by Gasteiger charge is 2.30. The van der Waals surface area contributed by atoms with Crippen LogP contribution in [0.2, 0.25) is 0 Å². The van der Waals surface area contributed by atoms with Crippen LogP contribution in [0.1, 0.15) is 16.9 Å². The van der Waals surface area contributed by atoms with E-state index in [1.165, 1.54) is 15.6 Å². The quantitative estimate of drug-likeness (QED) is 0.871. The van der Waals surface area contributed by atoms with Gasteiger partial charge in [-0.2, -0.15) is 0 Å². The molecule has 1 aliphatic heterocycles. The molecule has 0 radical (unpaired) electrons. The van der Waals surface area contributed by atoms with Crippen molar-refractivity contribution in [3.8, 4) is 5.75 Å². The first-order chi connectivity index (χ1) is 10.0. The predicted molar refractivity (Wildman–Crippen MR) is 84.9 cm³/mol. The monoisotopic (exact) mass is 323 g/mol. The summed E-state index contributed by atoms with van der Waals surface area (Å²) in [6, 6.07) is 9.11. The molecule has 0 saturated heterocycles. The van der Waals surface area contributed by atoms with Crippen LogP contribution >= 0.6 is 11.3 Å². The summed E-state index contributed by atoms with van der Waals surface area (Å²) in [7, 11) is -1.84. The summed E-state index contributed by atoms with van der Waals surface area (Å²) in [5.41, 5.74) is 1.80. The maximum absolute atomic E-state index is 12.8. The van der Waals surface area contributed by atoms with Gasteiger partial charge in [0, 0.05) is 11.4 Å². The molecule has 0 fully saturated rings. The zero-order valence-corrected chi connectivity index (χ0v) is 13.6. The zero-order valence-electron chi connectivity index (χ0n) is 12.0. The molecule has 0 saturated carbocycles. The van der Waals surface area contributed by atoms with E-state index in [1.54, 1.807) is 13.2 Å². The van der Waals surface area contributed by atoms with Gasteiger partial charge < -0.3 is 4.74 Å². The highest BCUT2D eigenvalue weighted by molar-refractivity contribution is 7.94. The number of aryl methyl sites for hydroxylation is 2. The molecule has 0 atom stereocenters. The lowest BCUT2D eigenvalue weighted by Crippen LogP contribution is -2.35. The van der Waals surface area contributed by atoms with Crippen molar-refractivity contribution in [1.82, 2.24) is 0 Å². The van der Waals surface area contributed by atoms with Gasteiger partial charge in [-0.1, -0.05) is 0 Å². The van der Waals surface area contributed by atoms with Gasteiger partial charge in [0.1, 0.15) is 9.96 Å². The number of hydrogen-bond acceptors (Lipinski definition) is 4. The Hall–Kier alpha value is -1.53. The van der Waals surface area contributed by atoms with Gasteiger partial charge in [0.15, 0.2) is 0 Å². The molecule has 1 aromatic heterocycles. The van der Waals surface area contributed by atoms with Crippen molar-refractivity contribution < 1.29 is 13.2 Å². The Kier molecular flexibility index (Phi) is 3.67. The molecular weight excluding hydrogens is 306 g/mol. The number of rotatable bonds is 3. The second kappa shape index (κ2) is 5.35. The molecule has 0 unspecified atom stereocenters. The van der Waals surface area contributed by atoms with Gasteiger partial charge in [-0.3, -0.25) is 4.31 Å². The fourth-order valence-electron chi connectivity index (χ4n) is 2.57. The van der Waals surface area contributed by atoms with Crippen LogP contribution in [-0.2, 0) is 16.4 Å². The van der Waals surface area contributed by atoms with Gasteiger partial charge >= 0.3 is 0 Å². The Balaban J connectivity index is 2.06. The number of fused-ring (bicyclic) bond motifs is 1. The van der Waals surface area contributed by atoms with E-state index >= 15 is 0 Å². The molecule has 0 N–H and O–H groups in total. The minimum absolute atomic E-state index is 0.406. The van der Waals surface area contributed by atoms with Crippen molar-refractivity contribution in [2.45, 2.75) is 24.0 Å². The van der Waals surface area contributed by atoms with E-state index in [1.807, 2.05) is 31.2 Å². The van der Waals surface area contributed by atoms with Crippen LogP contribution in [0.4, 0.5) is 5.69 Å². The van der Waals surface area contributed by atoms with E-state index in [4.69, 9.17) is 4.74 Å². The number of benzene rings is 1. The minimum atomic E-state index is -3.46. The standard InChI is InChI=1S/C15H17NO3S2/c1-11-5-8-15(20-11)21(17,18)16-9-3-4-12-10-13(19-2)6-7-14(12)16/h5-8,10H,3-4,9H2,1-2H3. The summed E-state index contributed by atoms with van der Waals surface area (Å²) >= 11 is 1.32. The van der Waals surface area contributed by atoms with Crippen LogP contribution in [-0.4, -0.2) is 22.1 Å². The number of sulfonamides is 1. The second-order valence-corrected chi connectivity index (χ2v) is 8.42. The van der Waals surface area contributed by atoms with E-state index in [0.29, 0.717) is 10.8 Å². The first-order valence-electron chi connectivity index (χ1n) is 6.78. The smallest absolute Gasteiger partial charge is 0.273 e. The summed E-state index contributed by atoms with van der Waals surface area (Å²) in [5.74, 6) is 0.764. The molecule has 2 heterocycles. The number of thiophene rings is 1. The highest BCUT2D eigenvalue weighted by atomic mass is 32.2. The third-order valence-corrected chi connectivity index (χ3v) is 6.90. The lowest BCUT2D eigenvalue weighted by molar-refractivity contribution is 0.414. The van der Waals surface area contributed by atoms with E-state index < -0.39 is 10.0 Å². The first kappa shape index (κ1) is 14.4. The maximum atomic E-state index is 12.8. The van der Waals surface area contributed by atoms with Crippen LogP contribution in [0.15, 0.2) is 34.5 Å². The lowest BCUT2D eigenvalue weighted by Gasteiger charge is -2.30. The number of hydrogen-bond donors (Lipinski definition) is 0. The van der Waals surface area contributed by atoms with Crippen LogP contribution in [0.5, 0.6) is 5.75 Å². The van der Waals surface area contributed by atoms with Crippen LogP contribution in [0.3, 0.4) is 0 Å². The Bertz CT molecular complexity index is 765. The van der Waals surface area contributed by atoms with Crippen molar-refractivity contribution in [2.75, 3.05) is 18.0 Å². The molecule has 3 rings (SSSR count). The molecule has 0 amide bonds. The fourth-order valence-corrected chi connectivity index (χ4v) is 5.51. The van der Waals surface area contributed by atoms with Crippen molar-refractivity contribution in [3.05, 3.63) is 40.8 Å². The average molecular weight is 323 g/mol. The summed E-state index contributed by atoms with van der Waals surface area (Å²) in [5, 5.41) is 0. The molecule has 6 heteroatoms. The summed E-state index contributed by atoms with van der Waals surface area (Å²) in [6.07, 6.45) is 1.70. The Morgan fingerprint density at radius 1 is 1.24 bits per heavy atom. The average Bonchev–Trinajstić information content (AvgIpc) is 2.93. The van der Waals surface area contributed by atoms with E-state index in [-0.39, 0.29) is 0 Å². The molecule has 112 valence electrons. The fraction of sp³-hybridized carbons (Fsp3) is 0.333. The summed E-state index contributed by atoms with van der Waals surface area (Å²) in [6.45, 7) is 2.44. The molecule has 1 aliphatic rings. The second-order valence-electron chi connectivity index (χ2n) is 5.04. The topological polar surface area (TPSA) is 46.6 Å². The largest absolute Gasteiger partial charge is 0.497 e. The number of methoxy groups -OCH3 is 1. The predicted octanol–water partition coefficient (Wildman–Crippen LogP) is 3.21. The van der Waals surface area contributed by atoms with E-state index in [0.717, 1.165) is 34.7 Å². The minimum Gasteiger partial charge on any atom is -0.497 e. The molecule has 4 nitrogen and oxygen atoms in total. The van der Waals surface area contributed by atoms with Crippen molar-refractivity contribution in [3.63, 3.8) is 0 Å². The normalized spacial score (nSPS) is 14.9. The van der Waals surface area contributed by atoms with Crippen molar-refractivity contribution >= 4 is 27.0 Å². The summed E-state index contributed by atoms with van der Waals surface area (Å²) < 4.78 is 32.8. The first-order valence-corrected chi connectivity index (χ1v) is 9.04. The van der Waals surface area contributed by atoms with Gasteiger partial charge in [0.05, 0.1) is 12.8 Å². The molecule has 0 aliphatic carbocycles. The Morgan fingerprint density at radius 3 is 2.71 bits per heavy atom. The molecule has 1 aromatic carbocycles. The number of nitrogens with zero attached hydrogens (tertiary/aromatic N) is 1. The molecule has 0 bridgehead atoms. The Morgan fingerprint density at radius 2 is 2.05 bits per heavy atom. The van der Waals surface area contributed by atoms with Crippen molar-refractivity contribution in [1.29, 1.82) is 0 Å². The Labute approximate surface area is 129 Å². The maximum Gasteiger partial charge on any atom is 0.273 e. The zero-order chi connectivity index (χ0) is 15.0. The van der Waals surface area contributed by atoms with Gasteiger partial charge in [-0.05, 0) is 55.7 Å². The third kappa shape index (κ3) is 2.53. The molecule has 21 heavy (non-hydrogen) atoms. The molecule has 2 aromatic rings. The van der Waals surface area contributed by atoms with E-state index in [2.05, 4.69) is 0 Å². The third-order valence-electron chi connectivity index (χ3n) is 3.62. The van der Waals surface area contributed by atoms with Gasteiger partial charge in [-0.25, -0.2) is 8.42 Å². The van der Waals surface area contributed by atoms with Gasteiger partial charge in [-0.15, -0.1) is 11.3 Å². The number of ether oxygens (including phenoxy) is 1. The molecular formula is C15H17NO3S2. The van der Waals surface area contributed by atoms with Crippen LogP contribution in [0, 0.1) is 6.92 Å². The molecule has 0 spiro atoms. The summed E-state index contributed by atoms with van der Waals surface area (Å²) in [4.78, 5) is 1.00. The lowest BCUT2D eigenvalue weighted by atomic mass is 10.0. The van der Waals surface area contributed by atoms with Gasteiger partial charge in [0.25, 0.3) is 10.0 Å². The number of anilines is 1. The van der Waals surface area contributed by atoms with E-state index in [9.17, 15) is 8.42 Å². The highest BCUT2D eigenvalue weighted by Crippen LogP contribution is 2.35.